The number of hydrogen-bond acceptors (Lipinski definition) is 4. The number of nitrogens with zero attached hydrogens (tertiary/aromatic N) is 1. The van der Waals surface area contributed by atoms with E-state index >= 15 is 0 Å². The fourth-order valence-electron chi connectivity index (χ4n) is 1.83. The number of rotatable bonds is 5. The lowest BCUT2D eigenvalue weighted by atomic mass is 10.2. The number of carbonyl (C=O) groups is 1. The van der Waals surface area contributed by atoms with E-state index in [1.54, 1.807) is 36.4 Å². The van der Waals surface area contributed by atoms with Crippen molar-refractivity contribution in [3.63, 3.8) is 0 Å². The first-order valence-electron chi connectivity index (χ1n) is 6.56. The first-order valence-corrected chi connectivity index (χ1v) is 7.32. The molecule has 0 aliphatic heterocycles. The third-order valence-corrected chi connectivity index (χ3v) is 3.65. The Morgan fingerprint density at radius 3 is 2.39 bits per heavy atom. The first-order chi connectivity index (χ1) is 11.1. The largest absolute Gasteiger partial charge is 0.493 e. The highest BCUT2D eigenvalue weighted by molar-refractivity contribution is 6.34. The van der Waals surface area contributed by atoms with E-state index in [1.807, 2.05) is 0 Å². The summed E-state index contributed by atoms with van der Waals surface area (Å²) in [5, 5.41) is 4.65. The number of hydrogen-bond donors (Lipinski definition) is 1. The molecule has 0 saturated heterocycles. The number of carbonyl (C=O) groups excluding carboxylic acids is 1. The maximum atomic E-state index is 12.0. The van der Waals surface area contributed by atoms with E-state index in [2.05, 4.69) is 10.5 Å². The Hall–Kier alpha value is -2.24. The van der Waals surface area contributed by atoms with Crippen molar-refractivity contribution in [1.82, 2.24) is 5.43 Å². The lowest BCUT2D eigenvalue weighted by Crippen LogP contribution is -2.18. The van der Waals surface area contributed by atoms with E-state index in [-0.39, 0.29) is 0 Å². The average Bonchev–Trinajstić information content (AvgIpc) is 2.56. The molecule has 0 unspecified atom stereocenters. The van der Waals surface area contributed by atoms with Gasteiger partial charge in [0.25, 0.3) is 5.91 Å². The number of halogens is 2. The molecule has 0 radical (unpaired) electrons. The zero-order valence-electron chi connectivity index (χ0n) is 12.5. The van der Waals surface area contributed by atoms with E-state index in [0.717, 1.165) is 0 Å². The molecule has 23 heavy (non-hydrogen) atoms. The Bertz CT molecular complexity index is 748. The second-order valence-electron chi connectivity index (χ2n) is 4.41. The van der Waals surface area contributed by atoms with Crippen molar-refractivity contribution in [2.45, 2.75) is 0 Å². The summed E-state index contributed by atoms with van der Waals surface area (Å²) < 4.78 is 10.3. The summed E-state index contributed by atoms with van der Waals surface area (Å²) in [5.41, 5.74) is 3.31. The van der Waals surface area contributed by atoms with Crippen LogP contribution in [0, 0.1) is 0 Å². The topological polar surface area (TPSA) is 59.9 Å². The van der Waals surface area contributed by atoms with Crippen LogP contribution in [0.5, 0.6) is 11.5 Å². The molecule has 1 amide bonds. The van der Waals surface area contributed by atoms with Gasteiger partial charge in [0.2, 0.25) is 0 Å². The lowest BCUT2D eigenvalue weighted by Gasteiger charge is -2.09. The van der Waals surface area contributed by atoms with Gasteiger partial charge in [0.15, 0.2) is 11.5 Å². The van der Waals surface area contributed by atoms with Crippen LogP contribution in [0.25, 0.3) is 0 Å². The second kappa shape index (κ2) is 7.85. The summed E-state index contributed by atoms with van der Waals surface area (Å²) in [7, 11) is 3.04. The molecule has 2 aromatic carbocycles. The third-order valence-electron chi connectivity index (χ3n) is 2.99. The molecule has 0 aliphatic carbocycles. The van der Waals surface area contributed by atoms with Gasteiger partial charge in [0, 0.05) is 11.6 Å². The molecule has 7 heteroatoms. The highest BCUT2D eigenvalue weighted by atomic mass is 35.5. The maximum Gasteiger partial charge on any atom is 0.272 e. The molecule has 1 N–H and O–H groups in total. The van der Waals surface area contributed by atoms with Crippen LogP contribution < -0.4 is 14.9 Å². The highest BCUT2D eigenvalue weighted by Gasteiger charge is 2.10. The Kier molecular flexibility index (Phi) is 5.84. The van der Waals surface area contributed by atoms with Crippen molar-refractivity contribution in [3.05, 3.63) is 57.6 Å². The van der Waals surface area contributed by atoms with E-state index in [4.69, 9.17) is 32.7 Å². The lowest BCUT2D eigenvalue weighted by molar-refractivity contribution is 0.0955. The second-order valence-corrected chi connectivity index (χ2v) is 5.22. The minimum absolute atomic E-state index is 0.338. The van der Waals surface area contributed by atoms with Crippen molar-refractivity contribution in [2.75, 3.05) is 14.2 Å². The van der Waals surface area contributed by atoms with Gasteiger partial charge in [-0.3, -0.25) is 4.79 Å². The number of hydrazone groups is 1. The van der Waals surface area contributed by atoms with Crippen LogP contribution in [0.3, 0.4) is 0 Å². The predicted molar refractivity (Wildman–Crippen MR) is 91.1 cm³/mol. The van der Waals surface area contributed by atoms with Crippen LogP contribution in [0.1, 0.15) is 15.9 Å². The van der Waals surface area contributed by atoms with Gasteiger partial charge in [0.1, 0.15) is 0 Å². The van der Waals surface area contributed by atoms with Crippen molar-refractivity contribution in [2.24, 2.45) is 5.10 Å². The fourth-order valence-corrected chi connectivity index (χ4v) is 2.26. The van der Waals surface area contributed by atoms with Gasteiger partial charge in [0.05, 0.1) is 36.0 Å². The Morgan fingerprint density at radius 1 is 1.09 bits per heavy atom. The third kappa shape index (κ3) is 4.15. The molecule has 5 nitrogen and oxygen atoms in total. The molecule has 0 saturated carbocycles. The Balaban J connectivity index is 2.15. The van der Waals surface area contributed by atoms with Crippen LogP contribution >= 0.6 is 23.2 Å². The van der Waals surface area contributed by atoms with Crippen molar-refractivity contribution in [3.8, 4) is 11.5 Å². The van der Waals surface area contributed by atoms with Crippen LogP contribution in [0.4, 0.5) is 0 Å². The first kappa shape index (κ1) is 17.1. The van der Waals surface area contributed by atoms with Gasteiger partial charge in [-0.2, -0.15) is 5.10 Å². The molecule has 0 aliphatic rings. The van der Waals surface area contributed by atoms with Crippen LogP contribution in [0.2, 0.25) is 10.0 Å². The van der Waals surface area contributed by atoms with Gasteiger partial charge in [-0.15, -0.1) is 0 Å². The average molecular weight is 353 g/mol. The summed E-state index contributed by atoms with van der Waals surface area (Å²) >= 11 is 12.1. The van der Waals surface area contributed by atoms with Gasteiger partial charge < -0.3 is 9.47 Å². The quantitative estimate of drug-likeness (QED) is 0.658. The van der Waals surface area contributed by atoms with Gasteiger partial charge in [-0.05, 0) is 18.2 Å². The summed E-state index contributed by atoms with van der Waals surface area (Å²) in [6.07, 6.45) is 1.42. The van der Waals surface area contributed by atoms with E-state index in [1.165, 1.54) is 20.4 Å². The van der Waals surface area contributed by atoms with Gasteiger partial charge in [-0.1, -0.05) is 35.3 Å². The number of methoxy groups -OCH3 is 2. The van der Waals surface area contributed by atoms with E-state index in [9.17, 15) is 4.79 Å². The number of benzene rings is 2. The van der Waals surface area contributed by atoms with Crippen LogP contribution in [-0.2, 0) is 0 Å². The molecule has 0 fully saturated rings. The normalized spacial score (nSPS) is 10.6. The highest BCUT2D eigenvalue weighted by Crippen LogP contribution is 2.32. The van der Waals surface area contributed by atoms with Gasteiger partial charge >= 0.3 is 0 Å². The van der Waals surface area contributed by atoms with Crippen molar-refractivity contribution >= 4 is 35.3 Å². The van der Waals surface area contributed by atoms with E-state index in [0.29, 0.717) is 32.7 Å². The zero-order chi connectivity index (χ0) is 16.8. The molecule has 2 rings (SSSR count). The van der Waals surface area contributed by atoms with Gasteiger partial charge in [-0.25, -0.2) is 5.43 Å². The monoisotopic (exact) mass is 352 g/mol. The van der Waals surface area contributed by atoms with E-state index < -0.39 is 5.91 Å². The summed E-state index contributed by atoms with van der Waals surface area (Å²) in [6, 6.07) is 9.97. The SMILES string of the molecule is COc1cc(Cl)c(/C=N\NC(=O)c2ccccc2Cl)cc1OC. The summed E-state index contributed by atoms with van der Waals surface area (Å²) in [6.45, 7) is 0. The summed E-state index contributed by atoms with van der Waals surface area (Å²) in [4.78, 5) is 12.0. The molecule has 0 atom stereocenters. The molecule has 0 heterocycles. The molecule has 120 valence electrons. The number of amides is 1. The fraction of sp³-hybridized carbons (Fsp3) is 0.125. The predicted octanol–water partition coefficient (Wildman–Crippen LogP) is 3.77. The minimum atomic E-state index is -0.413. The molecule has 0 spiro atoms. The molecular weight excluding hydrogens is 339 g/mol. The molecule has 0 aromatic heterocycles. The molecular formula is C16H14Cl2N2O3. The Labute approximate surface area is 143 Å². The van der Waals surface area contributed by atoms with Crippen LogP contribution in [-0.4, -0.2) is 26.3 Å². The van der Waals surface area contributed by atoms with Crippen molar-refractivity contribution in [1.29, 1.82) is 0 Å². The zero-order valence-corrected chi connectivity index (χ0v) is 14.0. The maximum absolute atomic E-state index is 12.0. The Morgan fingerprint density at radius 2 is 1.74 bits per heavy atom. The number of ether oxygens (including phenoxy) is 2. The molecule has 2 aromatic rings. The molecule has 0 bridgehead atoms. The van der Waals surface area contributed by atoms with Crippen molar-refractivity contribution < 1.29 is 14.3 Å². The standard InChI is InChI=1S/C16H14Cl2N2O3/c1-22-14-7-10(13(18)8-15(14)23-2)9-19-20-16(21)11-5-3-4-6-12(11)17/h3-9H,1-2H3,(H,20,21)/b19-9-. The summed E-state index contributed by atoms with van der Waals surface area (Å²) in [5.74, 6) is 0.606. The minimum Gasteiger partial charge on any atom is -0.493 e. The smallest absolute Gasteiger partial charge is 0.272 e. The van der Waals surface area contributed by atoms with Crippen LogP contribution in [0.15, 0.2) is 41.5 Å². The number of nitrogens with one attached hydrogen (secondary N) is 1.